The third-order valence-electron chi connectivity index (χ3n) is 3.26. The average Bonchev–Trinajstić information content (AvgIpc) is 2.71. The monoisotopic (exact) mass is 250 g/mol. The van der Waals surface area contributed by atoms with Gasteiger partial charge in [0, 0.05) is 18.3 Å². The van der Waals surface area contributed by atoms with Gasteiger partial charge in [0.05, 0.1) is 17.2 Å². The maximum absolute atomic E-state index is 11.6. The minimum absolute atomic E-state index is 0.0636. The van der Waals surface area contributed by atoms with Crippen LogP contribution in [0.5, 0.6) is 0 Å². The number of aromatic nitrogens is 2. The highest BCUT2D eigenvalue weighted by atomic mass is 32.2. The molecule has 1 unspecified atom stereocenters. The van der Waals surface area contributed by atoms with E-state index in [9.17, 15) is 8.42 Å². The number of pyridine rings is 1. The Labute approximate surface area is 100 Å². The summed E-state index contributed by atoms with van der Waals surface area (Å²) in [5.74, 6) is 0.641. The molecular formula is C12H14N2O2S. The number of hydrogen-bond acceptors (Lipinski definition) is 3. The van der Waals surface area contributed by atoms with Gasteiger partial charge in [-0.25, -0.2) is 13.4 Å². The summed E-state index contributed by atoms with van der Waals surface area (Å²) in [6, 6.07) is 5.81. The van der Waals surface area contributed by atoms with Crippen LogP contribution in [-0.4, -0.2) is 29.3 Å². The van der Waals surface area contributed by atoms with E-state index in [1.54, 1.807) is 0 Å². The van der Waals surface area contributed by atoms with Crippen molar-refractivity contribution < 1.29 is 8.42 Å². The number of nitrogens with zero attached hydrogens (tertiary/aromatic N) is 2. The zero-order valence-corrected chi connectivity index (χ0v) is 10.2. The molecule has 3 rings (SSSR count). The van der Waals surface area contributed by atoms with E-state index in [1.807, 2.05) is 35.0 Å². The molecule has 0 spiro atoms. The summed E-state index contributed by atoms with van der Waals surface area (Å²) in [5, 5.41) is 0. The Morgan fingerprint density at radius 3 is 3.00 bits per heavy atom. The second kappa shape index (κ2) is 3.84. The van der Waals surface area contributed by atoms with Gasteiger partial charge in [0.25, 0.3) is 0 Å². The third-order valence-corrected chi connectivity index (χ3v) is 5.08. The first-order chi connectivity index (χ1) is 8.14. The van der Waals surface area contributed by atoms with Crippen molar-refractivity contribution in [3.8, 4) is 0 Å². The van der Waals surface area contributed by atoms with Crippen molar-refractivity contribution in [2.24, 2.45) is 0 Å². The molecule has 1 saturated heterocycles. The van der Waals surface area contributed by atoms with Crippen LogP contribution in [0.25, 0.3) is 5.65 Å². The van der Waals surface area contributed by atoms with Crippen LogP contribution in [0.3, 0.4) is 0 Å². The highest BCUT2D eigenvalue weighted by molar-refractivity contribution is 7.91. The number of rotatable bonds is 1. The molecule has 1 fully saturated rings. The maximum Gasteiger partial charge on any atom is 0.150 e. The van der Waals surface area contributed by atoms with Gasteiger partial charge in [-0.1, -0.05) is 6.07 Å². The van der Waals surface area contributed by atoms with Crippen molar-refractivity contribution in [3.05, 3.63) is 36.3 Å². The van der Waals surface area contributed by atoms with E-state index in [2.05, 4.69) is 4.98 Å². The normalized spacial score (nSPS) is 23.9. The van der Waals surface area contributed by atoms with E-state index < -0.39 is 9.84 Å². The molecule has 1 atom stereocenters. The molecule has 0 aliphatic carbocycles. The standard InChI is InChI=1S/C12H14N2O2S/c15-17(16)7-3-4-10(9-17)11-8-14-6-2-1-5-12(14)13-11/h1-2,5-6,8,10H,3-4,7,9H2. The number of imidazole rings is 1. The summed E-state index contributed by atoms with van der Waals surface area (Å²) in [7, 11) is -2.87. The first-order valence-corrected chi connectivity index (χ1v) is 7.60. The van der Waals surface area contributed by atoms with Gasteiger partial charge in [0.15, 0.2) is 9.84 Å². The maximum atomic E-state index is 11.6. The zero-order chi connectivity index (χ0) is 11.9. The molecule has 2 aromatic heterocycles. The quantitative estimate of drug-likeness (QED) is 0.773. The molecule has 0 radical (unpaired) electrons. The Kier molecular flexibility index (Phi) is 2.43. The molecule has 2 aromatic rings. The Hall–Kier alpha value is -1.36. The molecule has 4 nitrogen and oxygen atoms in total. The molecule has 0 aromatic carbocycles. The van der Waals surface area contributed by atoms with Crippen molar-refractivity contribution in [2.75, 3.05) is 11.5 Å². The summed E-state index contributed by atoms with van der Waals surface area (Å²) in [5.41, 5.74) is 1.78. The van der Waals surface area contributed by atoms with Gasteiger partial charge >= 0.3 is 0 Å². The minimum atomic E-state index is -2.87. The largest absolute Gasteiger partial charge is 0.307 e. The minimum Gasteiger partial charge on any atom is -0.307 e. The Balaban J connectivity index is 1.98. The fraction of sp³-hybridized carbons (Fsp3) is 0.417. The number of hydrogen-bond donors (Lipinski definition) is 0. The van der Waals surface area contributed by atoms with Gasteiger partial charge in [0.2, 0.25) is 0 Å². The van der Waals surface area contributed by atoms with Crippen LogP contribution < -0.4 is 0 Å². The van der Waals surface area contributed by atoms with E-state index in [0.29, 0.717) is 5.75 Å². The third kappa shape index (κ3) is 2.07. The molecule has 17 heavy (non-hydrogen) atoms. The number of fused-ring (bicyclic) bond motifs is 1. The fourth-order valence-corrected chi connectivity index (χ4v) is 4.13. The Bertz CT molecular complexity index is 612. The van der Waals surface area contributed by atoms with Gasteiger partial charge in [-0.2, -0.15) is 0 Å². The molecule has 90 valence electrons. The fourth-order valence-electron chi connectivity index (χ4n) is 2.41. The van der Waals surface area contributed by atoms with Crippen molar-refractivity contribution in [1.82, 2.24) is 9.38 Å². The van der Waals surface area contributed by atoms with E-state index in [4.69, 9.17) is 0 Å². The van der Waals surface area contributed by atoms with Crippen molar-refractivity contribution in [2.45, 2.75) is 18.8 Å². The second-order valence-corrected chi connectivity index (χ2v) is 6.81. The molecule has 1 aliphatic rings. The van der Waals surface area contributed by atoms with Crippen molar-refractivity contribution in [1.29, 1.82) is 0 Å². The lowest BCUT2D eigenvalue weighted by molar-refractivity contribution is 0.550. The van der Waals surface area contributed by atoms with Crippen LogP contribution in [0.4, 0.5) is 0 Å². The van der Waals surface area contributed by atoms with Crippen LogP contribution in [0.2, 0.25) is 0 Å². The van der Waals surface area contributed by atoms with Gasteiger partial charge in [-0.3, -0.25) is 0 Å². The average molecular weight is 250 g/mol. The van der Waals surface area contributed by atoms with E-state index in [1.165, 1.54) is 0 Å². The molecule has 0 bridgehead atoms. The molecule has 3 heterocycles. The van der Waals surface area contributed by atoms with E-state index in [0.717, 1.165) is 24.2 Å². The van der Waals surface area contributed by atoms with Crippen LogP contribution in [0.15, 0.2) is 30.6 Å². The van der Waals surface area contributed by atoms with Crippen LogP contribution in [-0.2, 0) is 9.84 Å². The molecule has 0 amide bonds. The zero-order valence-electron chi connectivity index (χ0n) is 9.41. The van der Waals surface area contributed by atoms with Crippen molar-refractivity contribution in [3.63, 3.8) is 0 Å². The summed E-state index contributed by atoms with van der Waals surface area (Å²) in [6.45, 7) is 0. The Morgan fingerprint density at radius 2 is 2.24 bits per heavy atom. The number of sulfone groups is 1. The second-order valence-electron chi connectivity index (χ2n) is 4.59. The highest BCUT2D eigenvalue weighted by Crippen LogP contribution is 2.27. The van der Waals surface area contributed by atoms with Gasteiger partial charge < -0.3 is 4.40 Å². The highest BCUT2D eigenvalue weighted by Gasteiger charge is 2.27. The Morgan fingerprint density at radius 1 is 1.35 bits per heavy atom. The first kappa shape index (κ1) is 10.8. The smallest absolute Gasteiger partial charge is 0.150 e. The van der Waals surface area contributed by atoms with Gasteiger partial charge in [-0.05, 0) is 25.0 Å². The van der Waals surface area contributed by atoms with Crippen LogP contribution >= 0.6 is 0 Å². The summed E-state index contributed by atoms with van der Waals surface area (Å²) in [6.07, 6.45) is 5.55. The summed E-state index contributed by atoms with van der Waals surface area (Å²) in [4.78, 5) is 4.50. The lowest BCUT2D eigenvalue weighted by Crippen LogP contribution is -2.23. The summed E-state index contributed by atoms with van der Waals surface area (Å²) >= 11 is 0. The lowest BCUT2D eigenvalue weighted by Gasteiger charge is -2.19. The molecule has 0 saturated carbocycles. The predicted molar refractivity (Wildman–Crippen MR) is 65.8 cm³/mol. The van der Waals surface area contributed by atoms with Gasteiger partial charge in [-0.15, -0.1) is 0 Å². The van der Waals surface area contributed by atoms with Crippen LogP contribution in [0.1, 0.15) is 24.5 Å². The summed E-state index contributed by atoms with van der Waals surface area (Å²) < 4.78 is 25.2. The molecule has 1 aliphatic heterocycles. The lowest BCUT2D eigenvalue weighted by atomic mass is 10.0. The van der Waals surface area contributed by atoms with E-state index >= 15 is 0 Å². The van der Waals surface area contributed by atoms with Crippen LogP contribution in [0, 0.1) is 0 Å². The topological polar surface area (TPSA) is 51.4 Å². The first-order valence-electron chi connectivity index (χ1n) is 5.78. The molecular weight excluding hydrogens is 236 g/mol. The van der Waals surface area contributed by atoms with E-state index in [-0.39, 0.29) is 11.7 Å². The molecule has 5 heteroatoms. The van der Waals surface area contributed by atoms with Gasteiger partial charge in [0.1, 0.15) is 5.65 Å². The molecule has 0 N–H and O–H groups in total. The SMILES string of the molecule is O=S1(=O)CCCC(c2cn3ccccc3n2)C1. The predicted octanol–water partition coefficient (Wildman–Crippen LogP) is 1.63. The van der Waals surface area contributed by atoms with Crippen molar-refractivity contribution >= 4 is 15.5 Å².